The third kappa shape index (κ3) is 5.80. The second-order valence-corrected chi connectivity index (χ2v) is 11.1. The second kappa shape index (κ2) is 11.8. The topological polar surface area (TPSA) is 89.3 Å². The minimum atomic E-state index is 0.0763. The summed E-state index contributed by atoms with van der Waals surface area (Å²) in [6.07, 6.45) is 7.86. The molecule has 0 saturated carbocycles. The van der Waals surface area contributed by atoms with Crippen LogP contribution in [0.3, 0.4) is 0 Å². The number of nitrogens with one attached hydrogen (secondary N) is 1. The zero-order chi connectivity index (χ0) is 26.6. The molecule has 0 unspecified atom stereocenters. The summed E-state index contributed by atoms with van der Waals surface area (Å²) in [6.45, 7) is 8.65. The maximum absolute atomic E-state index is 13.2. The molecule has 4 aliphatic rings. The van der Waals surface area contributed by atoms with Gasteiger partial charge in [0.05, 0.1) is 26.2 Å². The summed E-state index contributed by atoms with van der Waals surface area (Å²) in [5.74, 6) is 2.10. The van der Waals surface area contributed by atoms with E-state index in [1.54, 1.807) is 0 Å². The van der Waals surface area contributed by atoms with Crippen molar-refractivity contribution in [2.45, 2.75) is 45.2 Å². The van der Waals surface area contributed by atoms with Crippen molar-refractivity contribution >= 4 is 29.5 Å². The van der Waals surface area contributed by atoms with Crippen molar-refractivity contribution in [3.05, 3.63) is 30.1 Å². The molecule has 3 saturated heterocycles. The smallest absolute Gasteiger partial charge is 0.242 e. The van der Waals surface area contributed by atoms with Crippen LogP contribution < -0.4 is 10.2 Å². The van der Waals surface area contributed by atoms with Gasteiger partial charge in [0.2, 0.25) is 11.8 Å². The number of carbonyl (C=O) groups excluding carboxylic acids is 2. The van der Waals surface area contributed by atoms with Crippen LogP contribution in [0.1, 0.15) is 37.9 Å². The maximum atomic E-state index is 13.2. The molecule has 0 bridgehead atoms. The second-order valence-electron chi connectivity index (χ2n) is 11.1. The Morgan fingerprint density at radius 1 is 0.795 bits per heavy atom. The minimum Gasteiger partial charge on any atom is -0.372 e. The van der Waals surface area contributed by atoms with Gasteiger partial charge in [0.1, 0.15) is 17.3 Å². The van der Waals surface area contributed by atoms with Gasteiger partial charge in [-0.15, -0.1) is 0 Å². The highest BCUT2D eigenvalue weighted by Crippen LogP contribution is 2.32. The normalized spacial score (nSPS) is 19.8. The monoisotopic (exact) mass is 532 g/mol. The molecule has 10 nitrogen and oxygen atoms in total. The van der Waals surface area contributed by atoms with E-state index >= 15 is 0 Å². The van der Waals surface area contributed by atoms with Gasteiger partial charge in [-0.1, -0.05) is 12.1 Å². The molecule has 208 valence electrons. The Labute approximate surface area is 230 Å². The first-order valence-corrected chi connectivity index (χ1v) is 14.6. The van der Waals surface area contributed by atoms with Gasteiger partial charge < -0.3 is 24.6 Å². The van der Waals surface area contributed by atoms with Crippen molar-refractivity contribution in [1.29, 1.82) is 0 Å². The average molecular weight is 533 g/mol. The van der Waals surface area contributed by atoms with Gasteiger partial charge in [-0.3, -0.25) is 19.5 Å². The molecule has 1 aromatic heterocycles. The van der Waals surface area contributed by atoms with Gasteiger partial charge in [-0.05, 0) is 44.2 Å². The molecular weight excluding hydrogens is 492 g/mol. The third-order valence-corrected chi connectivity index (χ3v) is 8.48. The molecule has 1 N–H and O–H groups in total. The van der Waals surface area contributed by atoms with Gasteiger partial charge in [-0.2, -0.15) is 0 Å². The number of hydrogen-bond donors (Lipinski definition) is 1. The van der Waals surface area contributed by atoms with Crippen LogP contribution in [0.4, 0.5) is 11.5 Å². The highest BCUT2D eigenvalue weighted by atomic mass is 16.2. The fourth-order valence-electron chi connectivity index (χ4n) is 6.15. The van der Waals surface area contributed by atoms with Crippen molar-refractivity contribution < 1.29 is 9.59 Å². The molecule has 0 radical (unpaired) electrons. The van der Waals surface area contributed by atoms with E-state index < -0.39 is 0 Å². The first-order chi connectivity index (χ1) is 19.2. The molecule has 0 atom stereocenters. The molecular formula is C29H40N8O2. The van der Waals surface area contributed by atoms with Crippen molar-refractivity contribution in [3.8, 4) is 11.3 Å². The van der Waals surface area contributed by atoms with Crippen molar-refractivity contribution in [2.24, 2.45) is 4.99 Å². The molecule has 4 aliphatic heterocycles. The van der Waals surface area contributed by atoms with Gasteiger partial charge >= 0.3 is 0 Å². The summed E-state index contributed by atoms with van der Waals surface area (Å²) in [7, 11) is 0. The predicted molar refractivity (Wildman–Crippen MR) is 153 cm³/mol. The molecule has 2 aromatic rings. The molecule has 39 heavy (non-hydrogen) atoms. The van der Waals surface area contributed by atoms with Gasteiger partial charge in [0.25, 0.3) is 0 Å². The van der Waals surface area contributed by atoms with Crippen molar-refractivity contribution in [3.63, 3.8) is 0 Å². The Morgan fingerprint density at radius 3 is 2.23 bits per heavy atom. The Balaban J connectivity index is 1.07. The standard InChI is InChI=1S/C29H40N8O2/c38-26(36-18-16-33(17-19-36)22-27(39)35-13-2-1-3-14-35)21-31-29-28(32-25-20-30-10-15-37(25)29)23-6-8-24(9-7-23)34-11-4-5-12-34/h6-10,31H,1-5,11-22H2. The summed E-state index contributed by atoms with van der Waals surface area (Å²) in [4.78, 5) is 43.7. The van der Waals surface area contributed by atoms with E-state index in [0.717, 1.165) is 75.0 Å². The van der Waals surface area contributed by atoms with Crippen LogP contribution in [-0.4, -0.2) is 108 Å². The lowest BCUT2D eigenvalue weighted by atomic mass is 10.1. The number of fused-ring (bicyclic) bond motifs is 1. The van der Waals surface area contributed by atoms with Crippen molar-refractivity contribution in [2.75, 3.05) is 75.7 Å². The van der Waals surface area contributed by atoms with E-state index in [0.29, 0.717) is 32.7 Å². The summed E-state index contributed by atoms with van der Waals surface area (Å²) in [5, 5.41) is 3.44. The molecule has 1 aromatic carbocycles. The number of aliphatic imine (C=N–C) groups is 1. The Hall–Kier alpha value is -3.40. The molecule has 10 heteroatoms. The number of hydrogen-bond acceptors (Lipinski definition) is 7. The molecule has 6 rings (SSSR count). The quantitative estimate of drug-likeness (QED) is 0.589. The van der Waals surface area contributed by atoms with Crippen LogP contribution in [-0.2, 0) is 22.7 Å². The minimum absolute atomic E-state index is 0.0763. The molecule has 0 spiro atoms. The fraction of sp³-hybridized carbons (Fsp3) is 0.586. The van der Waals surface area contributed by atoms with Crippen molar-refractivity contribution in [1.82, 2.24) is 24.3 Å². The van der Waals surface area contributed by atoms with E-state index in [1.165, 1.54) is 24.9 Å². The van der Waals surface area contributed by atoms with Gasteiger partial charge in [0.15, 0.2) is 0 Å². The van der Waals surface area contributed by atoms with Crippen LogP contribution in [0.25, 0.3) is 11.3 Å². The third-order valence-electron chi connectivity index (χ3n) is 8.48. The number of rotatable bonds is 7. The van der Waals surface area contributed by atoms with Crippen LogP contribution in [0, 0.1) is 0 Å². The molecule has 3 fully saturated rings. The van der Waals surface area contributed by atoms with E-state index in [2.05, 4.69) is 48.9 Å². The van der Waals surface area contributed by atoms with Crippen LogP contribution in [0.15, 0.2) is 29.3 Å². The molecule has 5 heterocycles. The number of carbonyl (C=O) groups is 2. The lowest BCUT2D eigenvalue weighted by Gasteiger charge is -2.36. The van der Waals surface area contributed by atoms with E-state index in [-0.39, 0.29) is 18.4 Å². The van der Waals surface area contributed by atoms with Crippen LogP contribution >= 0.6 is 0 Å². The number of likely N-dealkylation sites (tertiary alicyclic amines) is 1. The Morgan fingerprint density at radius 2 is 1.49 bits per heavy atom. The highest BCUT2D eigenvalue weighted by Gasteiger charge is 2.26. The molecule has 2 amide bonds. The van der Waals surface area contributed by atoms with E-state index in [4.69, 9.17) is 4.98 Å². The summed E-state index contributed by atoms with van der Waals surface area (Å²) < 4.78 is 2.13. The Bertz CT molecular complexity index is 1190. The number of anilines is 2. The first-order valence-electron chi connectivity index (χ1n) is 14.6. The van der Waals surface area contributed by atoms with Gasteiger partial charge in [0, 0.05) is 69.8 Å². The van der Waals surface area contributed by atoms with Gasteiger partial charge in [-0.25, -0.2) is 4.98 Å². The van der Waals surface area contributed by atoms with E-state index in [9.17, 15) is 9.59 Å². The largest absolute Gasteiger partial charge is 0.372 e. The average Bonchev–Trinajstić information content (AvgIpc) is 3.66. The summed E-state index contributed by atoms with van der Waals surface area (Å²) >= 11 is 0. The number of imidazole rings is 1. The lowest BCUT2D eigenvalue weighted by molar-refractivity contribution is -0.135. The molecule has 0 aliphatic carbocycles. The lowest BCUT2D eigenvalue weighted by Crippen LogP contribution is -2.52. The highest BCUT2D eigenvalue weighted by molar-refractivity contribution is 5.84. The predicted octanol–water partition coefficient (Wildman–Crippen LogP) is 2.30. The number of piperidine rings is 1. The number of amides is 2. The zero-order valence-corrected chi connectivity index (χ0v) is 22.9. The zero-order valence-electron chi connectivity index (χ0n) is 22.9. The first kappa shape index (κ1) is 25.9. The maximum Gasteiger partial charge on any atom is 0.242 e. The van der Waals surface area contributed by atoms with E-state index in [1.807, 2.05) is 16.0 Å². The summed E-state index contributed by atoms with van der Waals surface area (Å²) in [6, 6.07) is 8.64. The number of piperazine rings is 1. The number of aromatic nitrogens is 2. The fourth-order valence-corrected chi connectivity index (χ4v) is 6.15. The summed E-state index contributed by atoms with van der Waals surface area (Å²) in [5.41, 5.74) is 3.17. The number of benzene rings is 1. The SMILES string of the molecule is O=C(CNc1c(-c2ccc(N3CCCC3)cc2)nc2n1CC=NC2)N1CCN(CC(=O)N2CCCCC2)CC1. The van der Waals surface area contributed by atoms with Crippen LogP contribution in [0.5, 0.6) is 0 Å². The Kier molecular flexibility index (Phi) is 7.81. The van der Waals surface area contributed by atoms with Crippen LogP contribution in [0.2, 0.25) is 0 Å². The number of nitrogens with zero attached hydrogens (tertiary/aromatic N) is 7.